The van der Waals surface area contributed by atoms with Gasteiger partial charge in [0.25, 0.3) is 0 Å². The molecule has 0 aliphatic heterocycles. The molecule has 0 atom stereocenters. The fraction of sp³-hybridized carbons (Fsp3) is 0.231. The third kappa shape index (κ3) is 17.3. The van der Waals surface area contributed by atoms with Crippen molar-refractivity contribution in [3.8, 4) is 0 Å². The van der Waals surface area contributed by atoms with Gasteiger partial charge in [-0.1, -0.05) is 166 Å². The molecule has 0 heteroatoms. The SMILES string of the molecule is Cc1ccc(C)cc1.Cc1ccc(C)cc1.Cc1cccc(C)c1.Cc1ccccc1.Cc1ccccc1C. The number of benzene rings is 5. The molecule has 5 aromatic rings. The highest BCUT2D eigenvalue weighted by Gasteiger charge is 1.84. The van der Waals surface area contributed by atoms with E-state index in [1.807, 2.05) is 18.2 Å². The van der Waals surface area contributed by atoms with Crippen molar-refractivity contribution in [3.63, 3.8) is 0 Å². The number of aryl methyl sites for hydroxylation is 9. The summed E-state index contributed by atoms with van der Waals surface area (Å²) in [5.74, 6) is 0. The second-order valence-corrected chi connectivity index (χ2v) is 10.2. The van der Waals surface area contributed by atoms with E-state index in [9.17, 15) is 0 Å². The second kappa shape index (κ2) is 19.2. The quantitative estimate of drug-likeness (QED) is 0.192. The molecule has 0 fully saturated rings. The minimum Gasteiger partial charge on any atom is -0.0622 e. The Morgan fingerprint density at radius 2 is 0.487 bits per heavy atom. The largest absolute Gasteiger partial charge is 0.0622 e. The molecule has 0 saturated carbocycles. The van der Waals surface area contributed by atoms with Crippen molar-refractivity contribution in [1.29, 1.82) is 0 Å². The van der Waals surface area contributed by atoms with Gasteiger partial charge in [-0.3, -0.25) is 0 Å². The van der Waals surface area contributed by atoms with Crippen molar-refractivity contribution >= 4 is 0 Å². The fourth-order valence-corrected chi connectivity index (χ4v) is 3.28. The summed E-state index contributed by atoms with van der Waals surface area (Å²) < 4.78 is 0. The molecule has 0 aromatic heterocycles. The summed E-state index contributed by atoms with van der Waals surface area (Å²) in [6, 6.07) is 44.0. The monoisotopic (exact) mass is 516 g/mol. The van der Waals surface area contributed by atoms with Crippen molar-refractivity contribution in [2.75, 3.05) is 0 Å². The van der Waals surface area contributed by atoms with E-state index < -0.39 is 0 Å². The van der Waals surface area contributed by atoms with Gasteiger partial charge in [0.15, 0.2) is 0 Å². The Kier molecular flexibility index (Phi) is 16.3. The van der Waals surface area contributed by atoms with Gasteiger partial charge in [0.2, 0.25) is 0 Å². The summed E-state index contributed by atoms with van der Waals surface area (Å²) in [4.78, 5) is 0. The van der Waals surface area contributed by atoms with Gasteiger partial charge in [-0.05, 0) is 73.4 Å². The molecule has 0 bridgehead atoms. The molecule has 0 radical (unpaired) electrons. The molecule has 0 saturated heterocycles. The average Bonchev–Trinajstić information content (AvgIpc) is 2.91. The molecule has 0 N–H and O–H groups in total. The van der Waals surface area contributed by atoms with Crippen LogP contribution in [0.15, 0.2) is 127 Å². The van der Waals surface area contributed by atoms with Gasteiger partial charge >= 0.3 is 0 Å². The van der Waals surface area contributed by atoms with E-state index in [0.29, 0.717) is 0 Å². The van der Waals surface area contributed by atoms with Crippen LogP contribution in [0.1, 0.15) is 50.1 Å². The van der Waals surface area contributed by atoms with Crippen molar-refractivity contribution in [2.24, 2.45) is 0 Å². The van der Waals surface area contributed by atoms with Crippen molar-refractivity contribution in [1.82, 2.24) is 0 Å². The lowest BCUT2D eigenvalue weighted by molar-refractivity contribution is 1.34. The van der Waals surface area contributed by atoms with Gasteiger partial charge in [0, 0.05) is 0 Å². The van der Waals surface area contributed by atoms with E-state index >= 15 is 0 Å². The zero-order chi connectivity index (χ0) is 29.0. The van der Waals surface area contributed by atoms with E-state index in [1.54, 1.807) is 0 Å². The van der Waals surface area contributed by atoms with Crippen LogP contribution < -0.4 is 0 Å². The second-order valence-electron chi connectivity index (χ2n) is 10.2. The highest BCUT2D eigenvalue weighted by Crippen LogP contribution is 2.03. The predicted octanol–water partition coefficient (Wildman–Crippen LogP) is 11.2. The van der Waals surface area contributed by atoms with Gasteiger partial charge < -0.3 is 0 Å². The Morgan fingerprint density at radius 3 is 0.692 bits per heavy atom. The van der Waals surface area contributed by atoms with Crippen LogP contribution in [0.4, 0.5) is 0 Å². The van der Waals surface area contributed by atoms with Gasteiger partial charge in [0.1, 0.15) is 0 Å². The first kappa shape index (κ1) is 33.1. The third-order valence-electron chi connectivity index (χ3n) is 5.98. The highest BCUT2D eigenvalue weighted by atomic mass is 13.9. The normalized spacial score (nSPS) is 9.15. The minimum atomic E-state index is 1.32. The first-order valence-corrected chi connectivity index (χ1v) is 13.7. The molecule has 0 aliphatic rings. The van der Waals surface area contributed by atoms with Crippen molar-refractivity contribution in [3.05, 3.63) is 177 Å². The summed E-state index contributed by atoms with van der Waals surface area (Å²) in [6.45, 7) is 18.9. The van der Waals surface area contributed by atoms with Crippen molar-refractivity contribution < 1.29 is 0 Å². The summed E-state index contributed by atoms with van der Waals surface area (Å²) in [7, 11) is 0. The highest BCUT2D eigenvalue weighted by molar-refractivity contribution is 5.23. The molecule has 0 unspecified atom stereocenters. The van der Waals surface area contributed by atoms with Gasteiger partial charge in [-0.2, -0.15) is 0 Å². The Balaban J connectivity index is 0.000000244. The molecule has 5 aromatic carbocycles. The maximum Gasteiger partial charge on any atom is -0.0395 e. The molecule has 0 amide bonds. The molecular formula is C39H48. The smallest absolute Gasteiger partial charge is 0.0395 e. The molecule has 0 nitrogen and oxygen atoms in total. The van der Waals surface area contributed by atoms with E-state index in [0.717, 1.165) is 0 Å². The van der Waals surface area contributed by atoms with Crippen LogP contribution in [0.25, 0.3) is 0 Å². The summed E-state index contributed by atoms with van der Waals surface area (Å²) in [6.07, 6.45) is 0. The van der Waals surface area contributed by atoms with E-state index in [4.69, 9.17) is 0 Å². The lowest BCUT2D eigenvalue weighted by Crippen LogP contribution is -1.74. The summed E-state index contributed by atoms with van der Waals surface area (Å²) in [5, 5.41) is 0. The van der Waals surface area contributed by atoms with E-state index in [-0.39, 0.29) is 0 Å². The molecule has 0 heterocycles. The number of hydrogen-bond donors (Lipinski definition) is 0. The lowest BCUT2D eigenvalue weighted by Gasteiger charge is -1.93. The Bertz CT molecular complexity index is 1170. The zero-order valence-corrected chi connectivity index (χ0v) is 25.6. The van der Waals surface area contributed by atoms with Crippen LogP contribution >= 0.6 is 0 Å². The first-order chi connectivity index (χ1) is 18.6. The molecule has 5 rings (SSSR count). The predicted molar refractivity (Wildman–Crippen MR) is 175 cm³/mol. The lowest BCUT2D eigenvalue weighted by atomic mass is 10.1. The Morgan fingerprint density at radius 1 is 0.231 bits per heavy atom. The first-order valence-electron chi connectivity index (χ1n) is 13.7. The van der Waals surface area contributed by atoms with Gasteiger partial charge in [0.05, 0.1) is 0 Å². The average molecular weight is 517 g/mol. The summed E-state index contributed by atoms with van der Waals surface area (Å²) in [5.41, 5.74) is 12.1. The molecule has 39 heavy (non-hydrogen) atoms. The molecular weight excluding hydrogens is 468 g/mol. The molecule has 204 valence electrons. The standard InChI is InChI=1S/4C8H10.C7H8/c2*1-7-3-5-8(2)6-4-7;1-7-4-3-5-8(2)6-7;1-7-5-3-4-6-8(7)2;1-7-5-3-2-4-6-7/h4*3-6H,1-2H3;2-6H,1H3. The van der Waals surface area contributed by atoms with E-state index in [2.05, 4.69) is 172 Å². The van der Waals surface area contributed by atoms with Crippen LogP contribution in [0, 0.1) is 62.3 Å². The fourth-order valence-electron chi connectivity index (χ4n) is 3.28. The zero-order valence-electron chi connectivity index (χ0n) is 25.6. The number of hydrogen-bond acceptors (Lipinski definition) is 0. The maximum absolute atomic E-state index is 2.17. The van der Waals surface area contributed by atoms with Crippen molar-refractivity contribution in [2.45, 2.75) is 62.3 Å². The third-order valence-corrected chi connectivity index (χ3v) is 5.98. The van der Waals surface area contributed by atoms with Crippen LogP contribution in [0.3, 0.4) is 0 Å². The Hall–Kier alpha value is -3.90. The Labute approximate surface area is 239 Å². The topological polar surface area (TPSA) is 0 Å². The minimum absolute atomic E-state index is 1.32. The van der Waals surface area contributed by atoms with Crippen LogP contribution in [0.5, 0.6) is 0 Å². The van der Waals surface area contributed by atoms with Gasteiger partial charge in [-0.15, -0.1) is 0 Å². The molecule has 0 aliphatic carbocycles. The summed E-state index contributed by atoms with van der Waals surface area (Å²) >= 11 is 0. The number of rotatable bonds is 0. The van der Waals surface area contributed by atoms with Gasteiger partial charge in [-0.25, -0.2) is 0 Å². The van der Waals surface area contributed by atoms with Crippen LogP contribution in [0.2, 0.25) is 0 Å². The van der Waals surface area contributed by atoms with Crippen LogP contribution in [-0.2, 0) is 0 Å². The van der Waals surface area contributed by atoms with Crippen LogP contribution in [-0.4, -0.2) is 0 Å². The van der Waals surface area contributed by atoms with E-state index in [1.165, 1.54) is 50.1 Å². The maximum atomic E-state index is 2.17. The molecule has 0 spiro atoms.